The van der Waals surface area contributed by atoms with Crippen molar-refractivity contribution in [1.82, 2.24) is 4.90 Å². The van der Waals surface area contributed by atoms with E-state index in [1.54, 1.807) is 0 Å². The lowest BCUT2D eigenvalue weighted by Crippen LogP contribution is -2.25. The largest absolute Gasteiger partial charge is 0.297 e. The van der Waals surface area contributed by atoms with E-state index in [1.807, 2.05) is 0 Å². The van der Waals surface area contributed by atoms with Gasteiger partial charge < -0.3 is 0 Å². The molecule has 1 nitrogen and oxygen atoms in total. The van der Waals surface area contributed by atoms with Gasteiger partial charge in [0.05, 0.1) is 6.54 Å². The van der Waals surface area contributed by atoms with Crippen molar-refractivity contribution < 1.29 is 0 Å². The molecule has 0 amide bonds. The minimum atomic E-state index is 0.689. The number of likely N-dealkylation sites (tertiary alicyclic amines) is 1. The molecule has 0 aromatic heterocycles. The van der Waals surface area contributed by atoms with Crippen molar-refractivity contribution in [2.24, 2.45) is 5.92 Å². The van der Waals surface area contributed by atoms with E-state index in [1.165, 1.54) is 19.4 Å². The van der Waals surface area contributed by atoms with Crippen LogP contribution in [0.25, 0.3) is 0 Å². The molecule has 1 fully saturated rings. The fourth-order valence-corrected chi connectivity index (χ4v) is 1.14. The SMILES string of the molecule is CC1[C]N(C)CCC1. The van der Waals surface area contributed by atoms with Gasteiger partial charge in [0.2, 0.25) is 0 Å². The van der Waals surface area contributed by atoms with Gasteiger partial charge in [-0.05, 0) is 32.4 Å². The summed E-state index contributed by atoms with van der Waals surface area (Å²) in [7, 11) is 2.09. The average Bonchev–Trinajstić information content (AvgIpc) is 1.64. The van der Waals surface area contributed by atoms with Crippen molar-refractivity contribution in [3.8, 4) is 0 Å². The molecule has 1 saturated heterocycles. The lowest BCUT2D eigenvalue weighted by Gasteiger charge is -2.25. The number of rotatable bonds is 0. The molecule has 0 aromatic rings. The molecule has 8 heavy (non-hydrogen) atoms. The normalized spacial score (nSPS) is 33.0. The van der Waals surface area contributed by atoms with Crippen molar-refractivity contribution >= 4 is 0 Å². The third kappa shape index (κ3) is 1.48. The van der Waals surface area contributed by atoms with Crippen LogP contribution in [0.4, 0.5) is 0 Å². The van der Waals surface area contributed by atoms with E-state index >= 15 is 0 Å². The van der Waals surface area contributed by atoms with Crippen LogP contribution in [0.2, 0.25) is 0 Å². The van der Waals surface area contributed by atoms with E-state index in [0.29, 0.717) is 5.92 Å². The Kier molecular flexibility index (Phi) is 1.90. The Morgan fingerprint density at radius 3 is 2.75 bits per heavy atom. The minimum absolute atomic E-state index is 0.689. The monoisotopic (exact) mass is 111 g/mol. The van der Waals surface area contributed by atoms with Gasteiger partial charge in [-0.1, -0.05) is 6.92 Å². The first-order valence-electron chi connectivity index (χ1n) is 3.26. The Bertz CT molecular complexity index is 62.8. The smallest absolute Gasteiger partial charge is 0.0644 e. The summed E-state index contributed by atoms with van der Waals surface area (Å²) in [5.74, 6) is 0.689. The van der Waals surface area contributed by atoms with Crippen molar-refractivity contribution in [2.45, 2.75) is 19.8 Å². The van der Waals surface area contributed by atoms with Crippen LogP contribution in [0.1, 0.15) is 19.8 Å². The second-order valence-corrected chi connectivity index (χ2v) is 2.59. The predicted octanol–water partition coefficient (Wildman–Crippen LogP) is 1.39. The van der Waals surface area contributed by atoms with Gasteiger partial charge in [-0.25, -0.2) is 0 Å². The van der Waals surface area contributed by atoms with Crippen LogP contribution < -0.4 is 0 Å². The molecule has 0 aromatic carbocycles. The summed E-state index contributed by atoms with van der Waals surface area (Å²) in [6.45, 7) is 6.73. The highest BCUT2D eigenvalue weighted by Crippen LogP contribution is 2.16. The van der Waals surface area contributed by atoms with E-state index in [-0.39, 0.29) is 0 Å². The first-order valence-corrected chi connectivity index (χ1v) is 3.26. The maximum Gasteiger partial charge on any atom is 0.0644 e. The Balaban J connectivity index is 2.23. The van der Waals surface area contributed by atoms with Crippen molar-refractivity contribution in [2.75, 3.05) is 13.6 Å². The molecule has 0 bridgehead atoms. The molecule has 1 atom stereocenters. The molecular formula is C7H13N. The zero-order chi connectivity index (χ0) is 5.98. The molecule has 46 valence electrons. The molecule has 1 aliphatic rings. The van der Waals surface area contributed by atoms with Gasteiger partial charge in [0, 0.05) is 0 Å². The van der Waals surface area contributed by atoms with E-state index in [4.69, 9.17) is 0 Å². The van der Waals surface area contributed by atoms with Crippen LogP contribution in [0, 0.1) is 12.5 Å². The van der Waals surface area contributed by atoms with Crippen LogP contribution >= 0.6 is 0 Å². The van der Waals surface area contributed by atoms with Gasteiger partial charge in [0.25, 0.3) is 0 Å². The number of piperidine rings is 1. The molecule has 0 spiro atoms. The summed E-state index contributed by atoms with van der Waals surface area (Å²) in [6, 6.07) is 0. The van der Waals surface area contributed by atoms with Crippen molar-refractivity contribution in [3.05, 3.63) is 6.54 Å². The molecule has 1 rings (SSSR count). The van der Waals surface area contributed by atoms with Crippen LogP contribution in [0.15, 0.2) is 0 Å². The van der Waals surface area contributed by atoms with Gasteiger partial charge in [-0.2, -0.15) is 0 Å². The van der Waals surface area contributed by atoms with Crippen LogP contribution in [-0.2, 0) is 0 Å². The zero-order valence-electron chi connectivity index (χ0n) is 5.65. The first-order chi connectivity index (χ1) is 3.79. The number of hydrogen-bond acceptors (Lipinski definition) is 1. The maximum absolute atomic E-state index is 3.31. The molecule has 1 unspecified atom stereocenters. The Labute approximate surface area is 51.7 Å². The van der Waals surface area contributed by atoms with E-state index in [2.05, 4.69) is 25.4 Å². The highest BCUT2D eigenvalue weighted by atomic mass is 15.1. The standard InChI is InChI=1S/C7H13N/c1-7-4-3-5-8(2)6-7/h7H,3-5H2,1-2H3. The van der Waals surface area contributed by atoms with Gasteiger partial charge in [0.15, 0.2) is 0 Å². The second-order valence-electron chi connectivity index (χ2n) is 2.59. The number of hydrogen-bond donors (Lipinski definition) is 0. The van der Waals surface area contributed by atoms with E-state index in [9.17, 15) is 0 Å². The Morgan fingerprint density at radius 1 is 1.62 bits per heavy atom. The maximum atomic E-state index is 3.31. The Morgan fingerprint density at radius 2 is 2.38 bits per heavy atom. The summed E-state index contributed by atoms with van der Waals surface area (Å²) in [4.78, 5) is 2.16. The lowest BCUT2D eigenvalue weighted by atomic mass is 10.0. The quantitative estimate of drug-likeness (QED) is 0.456. The molecule has 0 aliphatic carbocycles. The fraction of sp³-hybridized carbons (Fsp3) is 0.857. The van der Waals surface area contributed by atoms with E-state index in [0.717, 1.165) is 0 Å². The lowest BCUT2D eigenvalue weighted by molar-refractivity contribution is 0.283. The summed E-state index contributed by atoms with van der Waals surface area (Å²) < 4.78 is 0. The van der Waals surface area contributed by atoms with E-state index < -0.39 is 0 Å². The molecular weight excluding hydrogens is 98.1 g/mol. The second kappa shape index (κ2) is 2.49. The first kappa shape index (κ1) is 6.09. The highest BCUT2D eigenvalue weighted by molar-refractivity contribution is 4.76. The third-order valence-corrected chi connectivity index (χ3v) is 1.57. The summed E-state index contributed by atoms with van der Waals surface area (Å²) in [5.41, 5.74) is 0. The molecule has 1 aliphatic heterocycles. The van der Waals surface area contributed by atoms with Crippen LogP contribution in [-0.4, -0.2) is 18.5 Å². The topological polar surface area (TPSA) is 3.24 Å². The van der Waals surface area contributed by atoms with Gasteiger partial charge in [-0.3, -0.25) is 4.90 Å². The van der Waals surface area contributed by atoms with Crippen molar-refractivity contribution in [1.29, 1.82) is 0 Å². The summed E-state index contributed by atoms with van der Waals surface area (Å²) in [6.07, 6.45) is 2.66. The Hall–Kier alpha value is -0.0400. The molecule has 1 heterocycles. The van der Waals surface area contributed by atoms with Gasteiger partial charge in [0.1, 0.15) is 0 Å². The number of nitrogens with zero attached hydrogens (tertiary/aromatic N) is 1. The molecule has 0 saturated carbocycles. The summed E-state index contributed by atoms with van der Waals surface area (Å²) in [5, 5.41) is 0. The minimum Gasteiger partial charge on any atom is -0.297 e. The molecule has 1 heteroatoms. The zero-order valence-corrected chi connectivity index (χ0v) is 5.65. The third-order valence-electron chi connectivity index (χ3n) is 1.57. The van der Waals surface area contributed by atoms with Gasteiger partial charge in [-0.15, -0.1) is 0 Å². The van der Waals surface area contributed by atoms with Crippen LogP contribution in [0.3, 0.4) is 0 Å². The fourth-order valence-electron chi connectivity index (χ4n) is 1.14. The average molecular weight is 111 g/mol. The summed E-state index contributed by atoms with van der Waals surface area (Å²) >= 11 is 0. The highest BCUT2D eigenvalue weighted by Gasteiger charge is 2.12. The van der Waals surface area contributed by atoms with Crippen LogP contribution in [0.5, 0.6) is 0 Å². The molecule has 2 radical (unpaired) electrons. The van der Waals surface area contributed by atoms with Gasteiger partial charge >= 0.3 is 0 Å². The van der Waals surface area contributed by atoms with Crippen molar-refractivity contribution in [3.63, 3.8) is 0 Å². The molecule has 0 N–H and O–H groups in total. The predicted molar refractivity (Wildman–Crippen MR) is 34.3 cm³/mol.